The first-order chi connectivity index (χ1) is 20.2. The molecular weight excluding hydrogens is 538 g/mol. The second-order valence-electron chi connectivity index (χ2n) is 11.4. The molecule has 2 unspecified atom stereocenters. The molecule has 0 spiro atoms. The van der Waals surface area contributed by atoms with Gasteiger partial charge in [0, 0.05) is 44.9 Å². The number of rotatable bonds is 8. The summed E-state index contributed by atoms with van der Waals surface area (Å²) in [5, 5.41) is 2.81. The summed E-state index contributed by atoms with van der Waals surface area (Å²) in [4.78, 5) is 60.6. The van der Waals surface area contributed by atoms with Crippen LogP contribution in [0.25, 0.3) is 11.2 Å². The summed E-state index contributed by atoms with van der Waals surface area (Å²) in [7, 11) is 1.55. The van der Waals surface area contributed by atoms with Crippen LogP contribution >= 0.6 is 0 Å². The van der Waals surface area contributed by atoms with E-state index in [4.69, 9.17) is 15.5 Å². The lowest BCUT2D eigenvalue weighted by Crippen LogP contribution is -2.44. The summed E-state index contributed by atoms with van der Waals surface area (Å²) >= 11 is 0. The normalized spacial score (nSPS) is 19.1. The average molecular weight is 578 g/mol. The van der Waals surface area contributed by atoms with Crippen LogP contribution in [0.2, 0.25) is 0 Å². The number of benzene rings is 1. The monoisotopic (exact) mass is 577 g/mol. The molecule has 12 heteroatoms. The number of nitrogens with zero attached hydrogens (tertiary/aromatic N) is 5. The highest BCUT2D eigenvalue weighted by atomic mass is 16.5. The number of imidazole rings is 1. The maximum absolute atomic E-state index is 13.9. The Morgan fingerprint density at radius 3 is 2.62 bits per heavy atom. The van der Waals surface area contributed by atoms with Gasteiger partial charge in [-0.05, 0) is 58.1 Å². The first-order valence-electron chi connectivity index (χ1n) is 14.5. The number of allylic oxidation sites excluding steroid dienone is 2. The molecule has 42 heavy (non-hydrogen) atoms. The van der Waals surface area contributed by atoms with Crippen molar-refractivity contribution < 1.29 is 14.3 Å². The van der Waals surface area contributed by atoms with Crippen LogP contribution in [0.4, 0.5) is 11.6 Å². The van der Waals surface area contributed by atoms with Gasteiger partial charge in [0.15, 0.2) is 16.9 Å². The third-order valence-corrected chi connectivity index (χ3v) is 7.89. The van der Waals surface area contributed by atoms with Gasteiger partial charge in [0.2, 0.25) is 5.95 Å². The number of para-hydroxylation sites is 1. The highest BCUT2D eigenvalue weighted by Crippen LogP contribution is 2.24. The van der Waals surface area contributed by atoms with E-state index in [1.807, 2.05) is 24.5 Å². The number of aryl methyl sites for hydroxylation is 1. The molecule has 5 rings (SSSR count). The highest BCUT2D eigenvalue weighted by molar-refractivity contribution is 6.05. The second-order valence-corrected chi connectivity index (χ2v) is 11.4. The standard InChI is InChI=1S/C30H39N7O5/c1-19(2)13-15-36-25-26(33-29(36)35-14-8-9-20(31)17-35)34(3)30(41)37(28(25)40)18-23(38)21-10-4-5-11-22(21)32-27(39)24-12-6-7-16-42-24/h4-5,10-11,13,20,24H,6-9,12,14-18,31H2,1-3H3,(H,32,39). The lowest BCUT2D eigenvalue weighted by Gasteiger charge is -2.31. The molecule has 2 atom stereocenters. The number of ether oxygens (including phenoxy) is 1. The molecule has 2 aliphatic heterocycles. The van der Waals surface area contributed by atoms with E-state index in [1.165, 1.54) is 4.57 Å². The van der Waals surface area contributed by atoms with E-state index in [1.54, 1.807) is 31.3 Å². The van der Waals surface area contributed by atoms with E-state index in [2.05, 4.69) is 10.2 Å². The lowest BCUT2D eigenvalue weighted by atomic mass is 10.1. The molecule has 0 saturated carbocycles. The van der Waals surface area contributed by atoms with Crippen LogP contribution < -0.4 is 27.2 Å². The predicted molar refractivity (Wildman–Crippen MR) is 161 cm³/mol. The van der Waals surface area contributed by atoms with E-state index in [0.717, 1.165) is 42.4 Å². The van der Waals surface area contributed by atoms with Crippen molar-refractivity contribution in [3.63, 3.8) is 0 Å². The van der Waals surface area contributed by atoms with Gasteiger partial charge < -0.3 is 25.3 Å². The van der Waals surface area contributed by atoms with Gasteiger partial charge in [0.25, 0.3) is 11.5 Å². The van der Waals surface area contributed by atoms with Crippen LogP contribution in [0, 0.1) is 0 Å². The van der Waals surface area contributed by atoms with Crippen molar-refractivity contribution in [2.75, 3.05) is 29.9 Å². The third kappa shape index (κ3) is 5.95. The van der Waals surface area contributed by atoms with Crippen molar-refractivity contribution in [1.29, 1.82) is 0 Å². The Hall–Kier alpha value is -4.03. The van der Waals surface area contributed by atoms with E-state index >= 15 is 0 Å². The van der Waals surface area contributed by atoms with Crippen molar-refractivity contribution in [2.45, 2.75) is 71.2 Å². The number of nitrogens with two attached hydrogens (primary N) is 1. The fourth-order valence-electron chi connectivity index (χ4n) is 5.60. The van der Waals surface area contributed by atoms with Gasteiger partial charge in [0.1, 0.15) is 6.10 Å². The van der Waals surface area contributed by atoms with Crippen LogP contribution in [0.15, 0.2) is 45.5 Å². The van der Waals surface area contributed by atoms with Crippen LogP contribution in [-0.4, -0.2) is 62.2 Å². The molecule has 3 aromatic rings. The zero-order chi connectivity index (χ0) is 30.0. The van der Waals surface area contributed by atoms with Gasteiger partial charge in [-0.25, -0.2) is 4.79 Å². The molecule has 224 valence electrons. The summed E-state index contributed by atoms with van der Waals surface area (Å²) in [6, 6.07) is 6.57. The molecular formula is C30H39N7O5. The highest BCUT2D eigenvalue weighted by Gasteiger charge is 2.28. The first kappa shape index (κ1) is 29.5. The van der Waals surface area contributed by atoms with E-state index < -0.39 is 29.7 Å². The molecule has 0 radical (unpaired) electrons. The number of carbonyl (C=O) groups is 2. The summed E-state index contributed by atoms with van der Waals surface area (Å²) < 4.78 is 9.64. The molecule has 0 aliphatic carbocycles. The smallest absolute Gasteiger partial charge is 0.332 e. The maximum Gasteiger partial charge on any atom is 0.332 e. The van der Waals surface area contributed by atoms with Crippen molar-refractivity contribution >= 4 is 34.5 Å². The van der Waals surface area contributed by atoms with Gasteiger partial charge in [-0.2, -0.15) is 4.98 Å². The molecule has 2 aliphatic rings. The Morgan fingerprint density at radius 1 is 1.12 bits per heavy atom. The SMILES string of the molecule is CC(C)=CCn1c(N2CCCC(N)C2)nc2c1c(=O)n(CC(=O)c1ccccc1NC(=O)C1CCCCO1)c(=O)n2C. The average Bonchev–Trinajstić information content (AvgIpc) is 3.37. The van der Waals surface area contributed by atoms with Gasteiger partial charge in [0.05, 0.1) is 12.2 Å². The topological polar surface area (TPSA) is 146 Å². The Balaban J connectivity index is 1.53. The molecule has 1 amide bonds. The number of aromatic nitrogens is 4. The number of piperidine rings is 1. The molecule has 1 aromatic carbocycles. The summed E-state index contributed by atoms with van der Waals surface area (Å²) in [6.07, 6.45) is 5.63. The molecule has 3 N–H and O–H groups in total. The van der Waals surface area contributed by atoms with E-state index in [-0.39, 0.29) is 28.7 Å². The van der Waals surface area contributed by atoms with Crippen molar-refractivity contribution in [3.05, 3.63) is 62.3 Å². The lowest BCUT2D eigenvalue weighted by molar-refractivity contribution is -0.129. The quantitative estimate of drug-likeness (QED) is 0.306. The number of nitrogens with one attached hydrogen (secondary N) is 1. The minimum Gasteiger partial charge on any atom is -0.368 e. The number of Topliss-reactive ketones (excluding diaryl/α,β-unsaturated/α-hetero) is 1. The fourth-order valence-corrected chi connectivity index (χ4v) is 5.60. The number of anilines is 2. The maximum atomic E-state index is 13.9. The van der Waals surface area contributed by atoms with Crippen molar-refractivity contribution in [2.24, 2.45) is 12.8 Å². The van der Waals surface area contributed by atoms with Crippen LogP contribution in [0.3, 0.4) is 0 Å². The number of fused-ring (bicyclic) bond motifs is 1. The van der Waals surface area contributed by atoms with Gasteiger partial charge >= 0.3 is 5.69 Å². The van der Waals surface area contributed by atoms with E-state index in [0.29, 0.717) is 37.8 Å². The minimum absolute atomic E-state index is 0.0150. The van der Waals surface area contributed by atoms with Gasteiger partial charge in [-0.3, -0.25) is 23.5 Å². The van der Waals surface area contributed by atoms with Crippen LogP contribution in [-0.2, 0) is 29.7 Å². The van der Waals surface area contributed by atoms with Gasteiger partial charge in [-0.15, -0.1) is 0 Å². The second kappa shape index (κ2) is 12.5. The molecule has 0 bridgehead atoms. The Kier molecular flexibility index (Phi) is 8.74. The fraction of sp³-hybridized carbons (Fsp3) is 0.500. The predicted octanol–water partition coefficient (Wildman–Crippen LogP) is 2.18. The number of carbonyl (C=O) groups excluding carboxylic acids is 2. The Morgan fingerprint density at radius 2 is 1.90 bits per heavy atom. The first-order valence-corrected chi connectivity index (χ1v) is 14.5. The Bertz CT molecular complexity index is 1640. The third-order valence-electron chi connectivity index (χ3n) is 7.89. The largest absolute Gasteiger partial charge is 0.368 e. The molecule has 12 nitrogen and oxygen atoms in total. The van der Waals surface area contributed by atoms with Crippen LogP contribution in [0.1, 0.15) is 56.3 Å². The minimum atomic E-state index is -0.647. The molecule has 2 aromatic heterocycles. The summed E-state index contributed by atoms with van der Waals surface area (Å²) in [5.41, 5.74) is 7.09. The number of ketones is 1. The Labute approximate surface area is 243 Å². The zero-order valence-corrected chi connectivity index (χ0v) is 24.5. The summed E-state index contributed by atoms with van der Waals surface area (Å²) in [5.74, 6) is -0.226. The van der Waals surface area contributed by atoms with E-state index in [9.17, 15) is 19.2 Å². The molecule has 4 heterocycles. The van der Waals surface area contributed by atoms with Crippen LogP contribution in [0.5, 0.6) is 0 Å². The molecule has 2 fully saturated rings. The van der Waals surface area contributed by atoms with Crippen molar-refractivity contribution in [3.8, 4) is 0 Å². The van der Waals surface area contributed by atoms with Gasteiger partial charge in [-0.1, -0.05) is 23.8 Å². The molecule has 2 saturated heterocycles. The van der Waals surface area contributed by atoms with Crippen molar-refractivity contribution in [1.82, 2.24) is 18.7 Å². The zero-order valence-electron chi connectivity index (χ0n) is 24.5. The number of amides is 1. The summed E-state index contributed by atoms with van der Waals surface area (Å²) in [6.45, 7) is 5.67. The number of hydrogen-bond acceptors (Lipinski definition) is 8. The number of hydrogen-bond donors (Lipinski definition) is 2.